The quantitative estimate of drug-likeness (QED) is 0.910. The van der Waals surface area contributed by atoms with Gasteiger partial charge in [-0.15, -0.1) is 0 Å². The SMILES string of the molecule is COc1cc(NC(=O)N2CCN(C)CC2)cc(OC)c1. The number of methoxy groups -OCH3 is 2. The monoisotopic (exact) mass is 279 g/mol. The number of benzene rings is 1. The van der Waals surface area contributed by atoms with Crippen molar-refractivity contribution in [2.75, 3.05) is 52.8 Å². The van der Waals surface area contributed by atoms with E-state index >= 15 is 0 Å². The van der Waals surface area contributed by atoms with E-state index in [4.69, 9.17) is 9.47 Å². The molecule has 0 saturated carbocycles. The highest BCUT2D eigenvalue weighted by Gasteiger charge is 2.19. The Morgan fingerprint density at radius 2 is 1.60 bits per heavy atom. The van der Waals surface area contributed by atoms with Crippen molar-refractivity contribution in [1.29, 1.82) is 0 Å². The molecule has 0 unspecified atom stereocenters. The Labute approximate surface area is 119 Å². The molecule has 1 N–H and O–H groups in total. The predicted molar refractivity (Wildman–Crippen MR) is 77.6 cm³/mol. The van der Waals surface area contributed by atoms with Gasteiger partial charge in [-0.1, -0.05) is 0 Å². The highest BCUT2D eigenvalue weighted by Crippen LogP contribution is 2.26. The van der Waals surface area contributed by atoms with Gasteiger partial charge in [0.2, 0.25) is 0 Å². The summed E-state index contributed by atoms with van der Waals surface area (Å²) in [6, 6.07) is 5.23. The smallest absolute Gasteiger partial charge is 0.321 e. The van der Waals surface area contributed by atoms with Crippen LogP contribution in [0.3, 0.4) is 0 Å². The van der Waals surface area contributed by atoms with Crippen LogP contribution in [-0.4, -0.2) is 63.3 Å². The standard InChI is InChI=1S/C14H21N3O3/c1-16-4-6-17(7-5-16)14(18)15-11-8-12(19-2)10-13(9-11)20-3/h8-10H,4-7H2,1-3H3,(H,15,18). The van der Waals surface area contributed by atoms with Crippen LogP contribution in [0.15, 0.2) is 18.2 Å². The summed E-state index contributed by atoms with van der Waals surface area (Å²) in [7, 11) is 5.23. The molecule has 1 aliphatic rings. The molecule has 1 aromatic rings. The van der Waals surface area contributed by atoms with Crippen molar-refractivity contribution in [3.05, 3.63) is 18.2 Å². The molecule has 1 aliphatic heterocycles. The van der Waals surface area contributed by atoms with Gasteiger partial charge in [0.05, 0.1) is 14.2 Å². The summed E-state index contributed by atoms with van der Waals surface area (Å²) in [4.78, 5) is 16.2. The van der Waals surface area contributed by atoms with Crippen molar-refractivity contribution in [3.8, 4) is 11.5 Å². The van der Waals surface area contributed by atoms with Crippen molar-refractivity contribution < 1.29 is 14.3 Å². The lowest BCUT2D eigenvalue weighted by Crippen LogP contribution is -2.48. The van der Waals surface area contributed by atoms with Gasteiger partial charge in [-0.2, -0.15) is 0 Å². The average Bonchev–Trinajstić information content (AvgIpc) is 2.47. The summed E-state index contributed by atoms with van der Waals surface area (Å²) in [5, 5.41) is 2.88. The number of hydrogen-bond acceptors (Lipinski definition) is 4. The average molecular weight is 279 g/mol. The first-order chi connectivity index (χ1) is 9.62. The fourth-order valence-corrected chi connectivity index (χ4v) is 2.09. The highest BCUT2D eigenvalue weighted by molar-refractivity contribution is 5.90. The maximum atomic E-state index is 12.2. The number of urea groups is 1. The lowest BCUT2D eigenvalue weighted by Gasteiger charge is -2.32. The van der Waals surface area contributed by atoms with Crippen LogP contribution in [0, 0.1) is 0 Å². The van der Waals surface area contributed by atoms with Gasteiger partial charge in [-0.3, -0.25) is 0 Å². The van der Waals surface area contributed by atoms with Gasteiger partial charge in [0.1, 0.15) is 11.5 Å². The third-order valence-electron chi connectivity index (χ3n) is 3.39. The van der Waals surface area contributed by atoms with Crippen molar-refractivity contribution in [3.63, 3.8) is 0 Å². The molecule has 2 rings (SSSR count). The Kier molecular flexibility index (Phi) is 4.68. The number of ether oxygens (including phenoxy) is 2. The number of anilines is 1. The minimum Gasteiger partial charge on any atom is -0.497 e. The summed E-state index contributed by atoms with van der Waals surface area (Å²) in [6.45, 7) is 3.27. The summed E-state index contributed by atoms with van der Waals surface area (Å²) in [5.41, 5.74) is 0.671. The van der Waals surface area contributed by atoms with E-state index in [2.05, 4.69) is 17.3 Å². The number of carbonyl (C=O) groups excluding carboxylic acids is 1. The summed E-state index contributed by atoms with van der Waals surface area (Å²) >= 11 is 0. The first kappa shape index (κ1) is 14.5. The molecule has 0 aliphatic carbocycles. The van der Waals surface area contributed by atoms with E-state index in [0.29, 0.717) is 17.2 Å². The lowest BCUT2D eigenvalue weighted by molar-refractivity contribution is 0.164. The molecular formula is C14H21N3O3. The van der Waals surface area contributed by atoms with Crippen LogP contribution in [0.2, 0.25) is 0 Å². The molecule has 1 fully saturated rings. The Morgan fingerprint density at radius 3 is 2.10 bits per heavy atom. The van der Waals surface area contributed by atoms with E-state index in [1.165, 1.54) is 0 Å². The van der Waals surface area contributed by atoms with Crippen molar-refractivity contribution in [2.45, 2.75) is 0 Å². The number of hydrogen-bond donors (Lipinski definition) is 1. The molecule has 6 nitrogen and oxygen atoms in total. The number of piperazine rings is 1. The van der Waals surface area contributed by atoms with Crippen LogP contribution in [0.1, 0.15) is 0 Å². The van der Waals surface area contributed by atoms with Gasteiger partial charge in [0, 0.05) is 50.1 Å². The van der Waals surface area contributed by atoms with E-state index in [9.17, 15) is 4.79 Å². The number of rotatable bonds is 3. The van der Waals surface area contributed by atoms with E-state index in [0.717, 1.165) is 26.2 Å². The highest BCUT2D eigenvalue weighted by atomic mass is 16.5. The molecule has 1 heterocycles. The van der Waals surface area contributed by atoms with Crippen LogP contribution in [0.4, 0.5) is 10.5 Å². The Balaban J connectivity index is 2.03. The van der Waals surface area contributed by atoms with Gasteiger partial charge >= 0.3 is 6.03 Å². The molecule has 0 spiro atoms. The van der Waals surface area contributed by atoms with Gasteiger partial charge in [0.25, 0.3) is 0 Å². The molecule has 0 atom stereocenters. The Morgan fingerprint density at radius 1 is 1.05 bits per heavy atom. The third-order valence-corrected chi connectivity index (χ3v) is 3.39. The topological polar surface area (TPSA) is 54.0 Å². The fraction of sp³-hybridized carbons (Fsp3) is 0.500. The minimum atomic E-state index is -0.0894. The summed E-state index contributed by atoms with van der Waals surface area (Å²) in [5.74, 6) is 1.30. The first-order valence-corrected chi connectivity index (χ1v) is 6.60. The zero-order valence-electron chi connectivity index (χ0n) is 12.2. The molecule has 0 bridgehead atoms. The van der Waals surface area contributed by atoms with Crippen molar-refractivity contribution in [1.82, 2.24) is 9.80 Å². The van der Waals surface area contributed by atoms with Gasteiger partial charge < -0.3 is 24.6 Å². The number of amides is 2. The zero-order chi connectivity index (χ0) is 14.5. The molecule has 2 amide bonds. The van der Waals surface area contributed by atoms with Crippen molar-refractivity contribution in [2.24, 2.45) is 0 Å². The van der Waals surface area contributed by atoms with Crippen LogP contribution in [0.5, 0.6) is 11.5 Å². The third kappa shape index (κ3) is 3.54. The maximum absolute atomic E-state index is 12.2. The minimum absolute atomic E-state index is 0.0894. The maximum Gasteiger partial charge on any atom is 0.321 e. The second-order valence-corrected chi connectivity index (χ2v) is 4.82. The predicted octanol–water partition coefficient (Wildman–Crippen LogP) is 1.48. The van der Waals surface area contributed by atoms with Crippen LogP contribution in [-0.2, 0) is 0 Å². The first-order valence-electron chi connectivity index (χ1n) is 6.60. The molecular weight excluding hydrogens is 258 g/mol. The second kappa shape index (κ2) is 6.47. The fourth-order valence-electron chi connectivity index (χ4n) is 2.09. The van der Waals surface area contributed by atoms with E-state index in [1.807, 2.05) is 4.90 Å². The molecule has 110 valence electrons. The molecule has 1 aromatic carbocycles. The summed E-state index contributed by atoms with van der Waals surface area (Å²) in [6.07, 6.45) is 0. The lowest BCUT2D eigenvalue weighted by atomic mass is 10.2. The van der Waals surface area contributed by atoms with Crippen molar-refractivity contribution >= 4 is 11.7 Å². The second-order valence-electron chi connectivity index (χ2n) is 4.82. The van der Waals surface area contributed by atoms with E-state index in [-0.39, 0.29) is 6.03 Å². The number of likely N-dealkylation sites (N-methyl/N-ethyl adjacent to an activating group) is 1. The van der Waals surface area contributed by atoms with Gasteiger partial charge in [0.15, 0.2) is 0 Å². The molecule has 1 saturated heterocycles. The Bertz CT molecular complexity index is 448. The Hall–Kier alpha value is -1.95. The number of nitrogens with one attached hydrogen (secondary N) is 1. The molecule has 0 aromatic heterocycles. The molecule has 6 heteroatoms. The summed E-state index contributed by atoms with van der Waals surface area (Å²) < 4.78 is 10.4. The normalized spacial score (nSPS) is 15.8. The van der Waals surface area contributed by atoms with E-state index in [1.54, 1.807) is 32.4 Å². The number of carbonyl (C=O) groups is 1. The van der Waals surface area contributed by atoms with Crippen LogP contribution in [0.25, 0.3) is 0 Å². The molecule has 20 heavy (non-hydrogen) atoms. The van der Waals surface area contributed by atoms with E-state index < -0.39 is 0 Å². The van der Waals surface area contributed by atoms with Gasteiger partial charge in [-0.25, -0.2) is 4.79 Å². The van der Waals surface area contributed by atoms with Gasteiger partial charge in [-0.05, 0) is 7.05 Å². The largest absolute Gasteiger partial charge is 0.497 e. The van der Waals surface area contributed by atoms with Crippen LogP contribution >= 0.6 is 0 Å². The molecule has 0 radical (unpaired) electrons. The van der Waals surface area contributed by atoms with Crippen LogP contribution < -0.4 is 14.8 Å². The zero-order valence-corrected chi connectivity index (χ0v) is 12.2. The number of nitrogens with zero attached hydrogens (tertiary/aromatic N) is 2.